The van der Waals surface area contributed by atoms with Gasteiger partial charge in [0.1, 0.15) is 22.2 Å². The van der Waals surface area contributed by atoms with Crippen LogP contribution in [0.1, 0.15) is 43.9 Å². The van der Waals surface area contributed by atoms with Crippen LogP contribution < -0.4 is 11.5 Å². The third-order valence-corrected chi connectivity index (χ3v) is 11.3. The Labute approximate surface area is 340 Å². The van der Waals surface area contributed by atoms with Crippen LogP contribution in [0.25, 0.3) is 22.5 Å². The van der Waals surface area contributed by atoms with Crippen LogP contribution in [0.5, 0.6) is 0 Å². The number of imidazole rings is 2. The van der Waals surface area contributed by atoms with Gasteiger partial charge >= 0.3 is 12.1 Å². The van der Waals surface area contributed by atoms with Crippen molar-refractivity contribution in [3.63, 3.8) is 0 Å². The van der Waals surface area contributed by atoms with Gasteiger partial charge in [-0.15, -0.1) is 11.3 Å². The van der Waals surface area contributed by atoms with E-state index in [1.807, 2.05) is 24.3 Å². The Balaban J connectivity index is 1.24. The number of nitrogens with zero attached hydrogens (tertiary/aromatic N) is 7. The number of aliphatic carboxylic acids is 1. The van der Waals surface area contributed by atoms with Gasteiger partial charge in [0.05, 0.1) is 37.1 Å². The number of aromatic nitrogens is 7. The molecular weight excluding hydrogens is 835 g/mol. The summed E-state index contributed by atoms with van der Waals surface area (Å²) in [5.74, 6) is -1.41. The van der Waals surface area contributed by atoms with Crippen LogP contribution in [0, 0.1) is 0 Å². The first-order chi connectivity index (χ1) is 27.9. The second-order valence-electron chi connectivity index (χ2n) is 13.5. The molecule has 1 unspecified atom stereocenters. The van der Waals surface area contributed by atoms with Crippen molar-refractivity contribution >= 4 is 44.9 Å². The number of halogens is 4. The summed E-state index contributed by atoms with van der Waals surface area (Å²) in [5.41, 5.74) is 12.8. The van der Waals surface area contributed by atoms with E-state index in [2.05, 4.69) is 41.0 Å². The van der Waals surface area contributed by atoms with Crippen LogP contribution in [-0.4, -0.2) is 45.3 Å². The van der Waals surface area contributed by atoms with E-state index in [0.717, 1.165) is 10.0 Å². The van der Waals surface area contributed by atoms with Crippen LogP contribution in [0.3, 0.4) is 0 Å². The van der Waals surface area contributed by atoms with Crippen molar-refractivity contribution in [1.29, 1.82) is 0 Å². The normalized spacial score (nSPS) is 12.8. The van der Waals surface area contributed by atoms with E-state index in [0.29, 0.717) is 44.4 Å². The fourth-order valence-corrected chi connectivity index (χ4v) is 8.32. The number of carboxylic acid groups (broad SMARTS) is 1. The molecule has 6 heterocycles. The molecule has 0 aliphatic carbocycles. The van der Waals surface area contributed by atoms with E-state index in [1.165, 1.54) is 37.3 Å². The van der Waals surface area contributed by atoms with Gasteiger partial charge in [-0.25, -0.2) is 19.9 Å². The van der Waals surface area contributed by atoms with E-state index in [4.69, 9.17) is 16.0 Å². The molecular formula is C41H31BrF3N9O3S. The highest BCUT2D eigenvalue weighted by Gasteiger charge is 2.54. The number of benzene rings is 2. The van der Waals surface area contributed by atoms with E-state index in [-0.39, 0.29) is 41.7 Å². The van der Waals surface area contributed by atoms with E-state index in [1.54, 1.807) is 76.0 Å². The molecule has 0 spiro atoms. The number of alkyl halides is 3. The minimum Gasteiger partial charge on any atom is -0.480 e. The molecule has 0 aliphatic heterocycles. The number of nitrogens with two attached hydrogens (primary N) is 2. The first-order valence-electron chi connectivity index (χ1n) is 17.6. The molecule has 58 heavy (non-hydrogen) atoms. The predicted octanol–water partition coefficient (Wildman–Crippen LogP) is 8.50. The minimum absolute atomic E-state index is 0.0257. The smallest absolute Gasteiger partial charge is 0.426 e. The van der Waals surface area contributed by atoms with Crippen LogP contribution in [-0.2, 0) is 29.5 Å². The largest absolute Gasteiger partial charge is 0.480 e. The Hall–Kier alpha value is -6.59. The lowest BCUT2D eigenvalue weighted by molar-refractivity contribution is -0.143. The maximum absolute atomic E-state index is 14.3. The van der Waals surface area contributed by atoms with Gasteiger partial charge in [-0.3, -0.25) is 4.79 Å². The molecule has 0 amide bonds. The molecule has 6 aromatic heterocycles. The molecule has 0 saturated heterocycles. The third kappa shape index (κ3) is 7.48. The Kier molecular flexibility index (Phi) is 10.2. The second kappa shape index (κ2) is 15.4. The van der Waals surface area contributed by atoms with Crippen molar-refractivity contribution in [2.75, 3.05) is 11.5 Å². The molecule has 2 aromatic carbocycles. The minimum atomic E-state index is -4.59. The molecule has 12 nitrogen and oxygen atoms in total. The van der Waals surface area contributed by atoms with Crippen molar-refractivity contribution in [3.05, 3.63) is 171 Å². The Morgan fingerprint density at radius 2 is 1.40 bits per heavy atom. The number of carboxylic acids is 1. The van der Waals surface area contributed by atoms with Crippen LogP contribution in [0.2, 0.25) is 0 Å². The van der Waals surface area contributed by atoms with Crippen molar-refractivity contribution in [2.24, 2.45) is 0 Å². The van der Waals surface area contributed by atoms with Gasteiger partial charge in [-0.05, 0) is 47.0 Å². The molecule has 5 N–H and O–H groups in total. The van der Waals surface area contributed by atoms with Gasteiger partial charge in [0, 0.05) is 57.2 Å². The molecule has 8 rings (SSSR count). The Morgan fingerprint density at radius 1 is 0.793 bits per heavy atom. The van der Waals surface area contributed by atoms with Gasteiger partial charge in [0.25, 0.3) is 0 Å². The summed E-state index contributed by atoms with van der Waals surface area (Å²) in [4.78, 5) is 31.8. The first-order valence-corrected chi connectivity index (χ1v) is 19.2. The standard InChI is InChI=1S/C41H31BrF3N9O3S/c42-28-10-6-25(7-11-28)32-14-29(52-57-32)18-53-20-33(50-22-53)40(39(55)56,37(26-8-12-35(46)48-16-26)27-9-13-36(47)49-17-27)34-21-54(23-51-34)19-30-15-31(24-4-2-1-3-5-24)38(58-30)41(43,44)45/h1-17,20-23,37H,18-19H2,(H2,46,48)(H2,47,49)(H,55,56). The summed E-state index contributed by atoms with van der Waals surface area (Å²) in [6.07, 6.45) is 4.39. The zero-order chi connectivity index (χ0) is 40.6. The quantitative estimate of drug-likeness (QED) is 0.108. The van der Waals surface area contributed by atoms with E-state index in [9.17, 15) is 23.1 Å². The maximum atomic E-state index is 14.3. The number of anilines is 2. The van der Waals surface area contributed by atoms with E-state index < -0.39 is 28.4 Å². The molecule has 0 radical (unpaired) electrons. The SMILES string of the molecule is Nc1ccc(C(c2ccc(N)nc2)C(C(=O)O)(c2cn(Cc3cc(-c4ccc(Br)cc4)on3)cn2)c2cn(Cc3cc(-c4ccccc4)c(C(F)(F)F)s3)cn2)cn1. The number of nitrogen functional groups attached to an aromatic ring is 2. The molecule has 292 valence electrons. The Bertz CT molecular complexity index is 2650. The van der Waals surface area contributed by atoms with Crippen LogP contribution in [0.4, 0.5) is 24.8 Å². The average molecular weight is 867 g/mol. The third-order valence-electron chi connectivity index (χ3n) is 9.63. The van der Waals surface area contributed by atoms with Crippen molar-refractivity contribution in [1.82, 2.24) is 34.2 Å². The molecule has 8 aromatic rings. The lowest BCUT2D eigenvalue weighted by Crippen LogP contribution is -2.44. The van der Waals surface area contributed by atoms with E-state index >= 15 is 0 Å². The van der Waals surface area contributed by atoms with Crippen LogP contribution in [0.15, 0.2) is 137 Å². The second-order valence-corrected chi connectivity index (χ2v) is 15.5. The zero-order valence-electron chi connectivity index (χ0n) is 30.1. The van der Waals surface area contributed by atoms with Gasteiger partial charge in [-0.1, -0.05) is 75.7 Å². The number of thiophene rings is 1. The molecule has 0 bridgehead atoms. The van der Waals surface area contributed by atoms with Gasteiger partial charge < -0.3 is 30.2 Å². The molecule has 1 atom stereocenters. The van der Waals surface area contributed by atoms with Crippen molar-refractivity contribution in [3.8, 4) is 22.5 Å². The predicted molar refractivity (Wildman–Crippen MR) is 215 cm³/mol. The van der Waals surface area contributed by atoms with Crippen molar-refractivity contribution in [2.45, 2.75) is 30.6 Å². The fraction of sp³-hybridized carbons (Fsp3) is 0.122. The van der Waals surface area contributed by atoms with Gasteiger partial charge in [-0.2, -0.15) is 13.2 Å². The van der Waals surface area contributed by atoms with Gasteiger partial charge in [0.15, 0.2) is 11.2 Å². The summed E-state index contributed by atoms with van der Waals surface area (Å²) in [5, 5.41) is 15.8. The number of hydrogen-bond donors (Lipinski definition) is 3. The Morgan fingerprint density at radius 3 is 1.95 bits per heavy atom. The number of pyridine rings is 2. The summed E-state index contributed by atoms with van der Waals surface area (Å²) < 4.78 is 52.7. The molecule has 17 heteroatoms. The highest BCUT2D eigenvalue weighted by Crippen LogP contribution is 2.48. The zero-order valence-corrected chi connectivity index (χ0v) is 32.5. The summed E-state index contributed by atoms with van der Waals surface area (Å²) in [6, 6.07) is 25.6. The van der Waals surface area contributed by atoms with Gasteiger partial charge in [0.2, 0.25) is 0 Å². The number of hydrogen-bond acceptors (Lipinski definition) is 10. The average Bonchev–Trinajstić information content (AvgIpc) is 4.04. The lowest BCUT2D eigenvalue weighted by atomic mass is 9.65. The maximum Gasteiger partial charge on any atom is 0.426 e. The number of carbonyl (C=O) groups is 1. The molecule has 0 fully saturated rings. The topological polar surface area (TPSA) is 177 Å². The number of rotatable bonds is 12. The summed E-state index contributed by atoms with van der Waals surface area (Å²) in [7, 11) is 0. The van der Waals surface area contributed by atoms with Crippen molar-refractivity contribution < 1.29 is 27.6 Å². The fourth-order valence-electron chi connectivity index (χ4n) is 7.00. The van der Waals surface area contributed by atoms with Crippen LogP contribution >= 0.6 is 27.3 Å². The molecule has 0 saturated carbocycles. The highest BCUT2D eigenvalue weighted by atomic mass is 79.9. The highest BCUT2D eigenvalue weighted by molar-refractivity contribution is 9.10. The molecule has 0 aliphatic rings. The summed E-state index contributed by atoms with van der Waals surface area (Å²) >= 11 is 4.06. The monoisotopic (exact) mass is 865 g/mol. The first kappa shape index (κ1) is 38.3. The summed E-state index contributed by atoms with van der Waals surface area (Å²) in [6.45, 7) is 0.153. The lowest BCUT2D eigenvalue weighted by Gasteiger charge is -2.35.